The third kappa shape index (κ3) is 5.32. The van der Waals surface area contributed by atoms with E-state index in [0.29, 0.717) is 11.3 Å². The van der Waals surface area contributed by atoms with Gasteiger partial charge < -0.3 is 14.6 Å². The Morgan fingerprint density at radius 2 is 1.89 bits per heavy atom. The number of esters is 1. The molecule has 2 aromatic heterocycles. The van der Waals surface area contributed by atoms with E-state index in [0.717, 1.165) is 6.07 Å². The summed E-state index contributed by atoms with van der Waals surface area (Å²) in [5.74, 6) is -4.36. The van der Waals surface area contributed by atoms with Crippen LogP contribution in [0.25, 0.3) is 5.52 Å². The molecule has 0 aliphatic carbocycles. The summed E-state index contributed by atoms with van der Waals surface area (Å²) in [4.78, 5) is 41.5. The number of carbonyl (C=O) groups excluding carboxylic acids is 2. The van der Waals surface area contributed by atoms with Crippen molar-refractivity contribution in [1.29, 1.82) is 0 Å². The number of aromatic amines is 1. The highest BCUT2D eigenvalue weighted by Gasteiger charge is 2.46. The lowest BCUT2D eigenvalue weighted by Crippen LogP contribution is -2.59. The Morgan fingerprint density at radius 3 is 2.51 bits per heavy atom. The first-order chi connectivity index (χ1) is 17.3. The smallest absolute Gasteiger partial charge is 0.439 e. The second kappa shape index (κ2) is 9.99. The Labute approximate surface area is 217 Å². The van der Waals surface area contributed by atoms with E-state index in [2.05, 4.69) is 9.72 Å². The van der Waals surface area contributed by atoms with E-state index >= 15 is 0 Å². The molecule has 1 atom stereocenters. The summed E-state index contributed by atoms with van der Waals surface area (Å²) in [6.07, 6.45) is -4.76. The Balaban J connectivity index is 1.51. The van der Waals surface area contributed by atoms with Crippen molar-refractivity contribution < 1.29 is 31.9 Å². The molecule has 0 radical (unpaired) electrons. The van der Waals surface area contributed by atoms with Crippen molar-refractivity contribution in [3.63, 3.8) is 0 Å². The number of ether oxygens (including phenoxy) is 1. The molecule has 3 aromatic rings. The van der Waals surface area contributed by atoms with Crippen molar-refractivity contribution >= 4 is 40.6 Å². The van der Waals surface area contributed by atoms with Gasteiger partial charge in [0.1, 0.15) is 16.5 Å². The van der Waals surface area contributed by atoms with Crippen molar-refractivity contribution in [1.82, 2.24) is 19.2 Å². The first kappa shape index (κ1) is 27.0. The average Bonchev–Trinajstić information content (AvgIpc) is 3.09. The first-order valence-electron chi connectivity index (χ1n) is 10.9. The molecule has 1 N–H and O–H groups in total. The highest BCUT2D eigenvalue weighted by atomic mass is 35.5. The van der Waals surface area contributed by atoms with Gasteiger partial charge in [-0.3, -0.25) is 18.9 Å². The van der Waals surface area contributed by atoms with Crippen LogP contribution in [-0.4, -0.2) is 70.7 Å². The number of nitrogens with one attached hydrogen (secondary N) is 1. The SMILES string of the molecule is CN(C)C(OC(=O)C(F)(F)F)C1CN(C(=O)c2cc(Cc3c[nH]c(=O)c4cc(Cl)c(Cl)n34)ccc2F)C1. The Morgan fingerprint density at radius 1 is 1.22 bits per heavy atom. The number of amides is 1. The number of hydrogen-bond donors (Lipinski definition) is 1. The van der Waals surface area contributed by atoms with Crippen molar-refractivity contribution in [2.45, 2.75) is 18.8 Å². The fourth-order valence-electron chi connectivity index (χ4n) is 4.21. The fraction of sp³-hybridized carbons (Fsp3) is 0.348. The van der Waals surface area contributed by atoms with Crippen LogP contribution in [0.3, 0.4) is 0 Å². The van der Waals surface area contributed by atoms with E-state index in [1.54, 1.807) is 0 Å². The van der Waals surface area contributed by atoms with E-state index in [1.165, 1.54) is 52.7 Å². The number of benzene rings is 1. The fourth-order valence-corrected chi connectivity index (χ4v) is 4.65. The quantitative estimate of drug-likeness (QED) is 0.281. The largest absolute Gasteiger partial charge is 0.490 e. The molecule has 8 nitrogen and oxygen atoms in total. The van der Waals surface area contributed by atoms with E-state index < -0.39 is 41.6 Å². The number of carbonyl (C=O) groups is 2. The normalized spacial score (nSPS) is 15.2. The maximum Gasteiger partial charge on any atom is 0.490 e. The molecule has 0 spiro atoms. The standard InChI is InChI=1S/C23H20Cl2F4N4O4/c1-31(2)21(37-22(36)23(27,28)29)12-9-32(10-12)20(35)14-6-11(3-4-16(14)26)5-13-8-30-19(34)17-7-15(24)18(25)33(13)17/h3-4,6-8,12,21H,5,9-10H2,1-2H3,(H,30,34). The number of halogens is 6. The minimum Gasteiger partial charge on any atom is -0.439 e. The summed E-state index contributed by atoms with van der Waals surface area (Å²) < 4.78 is 58.5. The summed E-state index contributed by atoms with van der Waals surface area (Å²) in [5, 5.41) is 0.309. The van der Waals surface area contributed by atoms with Gasteiger partial charge in [0.05, 0.1) is 10.6 Å². The van der Waals surface area contributed by atoms with Gasteiger partial charge in [0, 0.05) is 37.3 Å². The van der Waals surface area contributed by atoms with Crippen molar-refractivity contribution in [3.8, 4) is 0 Å². The van der Waals surface area contributed by atoms with Gasteiger partial charge in [-0.2, -0.15) is 13.2 Å². The molecule has 1 aliphatic heterocycles. The van der Waals surface area contributed by atoms with Gasteiger partial charge in [0.15, 0.2) is 6.23 Å². The maximum absolute atomic E-state index is 14.6. The second-order valence-electron chi connectivity index (χ2n) is 8.83. The minimum absolute atomic E-state index is 0.0332. The lowest BCUT2D eigenvalue weighted by molar-refractivity contribution is -0.218. The topological polar surface area (TPSA) is 87.1 Å². The summed E-state index contributed by atoms with van der Waals surface area (Å²) in [7, 11) is 2.89. The molecular weight excluding hydrogens is 543 g/mol. The zero-order valence-corrected chi connectivity index (χ0v) is 20.9. The molecule has 1 aromatic carbocycles. The molecule has 1 fully saturated rings. The van der Waals surface area contributed by atoms with Crippen LogP contribution in [0.15, 0.2) is 35.3 Å². The number of likely N-dealkylation sites (tertiary alicyclic amines) is 1. The van der Waals surface area contributed by atoms with Gasteiger partial charge in [-0.25, -0.2) is 9.18 Å². The number of hydrogen-bond acceptors (Lipinski definition) is 5. The highest BCUT2D eigenvalue weighted by molar-refractivity contribution is 6.42. The van der Waals surface area contributed by atoms with Crippen molar-refractivity contribution in [2.75, 3.05) is 27.2 Å². The predicted molar refractivity (Wildman–Crippen MR) is 126 cm³/mol. The third-order valence-corrected chi connectivity index (χ3v) is 6.76. The number of nitrogens with zero attached hydrogens (tertiary/aromatic N) is 3. The van der Waals surface area contributed by atoms with Gasteiger partial charge in [0.2, 0.25) is 0 Å². The molecule has 1 amide bonds. The second-order valence-corrected chi connectivity index (χ2v) is 9.60. The van der Waals surface area contributed by atoms with Crippen molar-refractivity contribution in [2.24, 2.45) is 5.92 Å². The van der Waals surface area contributed by atoms with Crippen LogP contribution in [0.1, 0.15) is 21.6 Å². The Kier molecular flexibility index (Phi) is 7.28. The molecule has 0 saturated carbocycles. The average molecular weight is 563 g/mol. The number of H-pyrrole nitrogens is 1. The molecule has 1 saturated heterocycles. The maximum atomic E-state index is 14.6. The number of fused-ring (bicyclic) bond motifs is 1. The zero-order chi connectivity index (χ0) is 27.2. The molecule has 1 unspecified atom stereocenters. The first-order valence-corrected chi connectivity index (χ1v) is 11.6. The summed E-state index contributed by atoms with van der Waals surface area (Å²) in [6, 6.07) is 5.37. The summed E-state index contributed by atoms with van der Waals surface area (Å²) in [6.45, 7) is -0.0665. The van der Waals surface area contributed by atoms with Crippen LogP contribution in [0, 0.1) is 11.7 Å². The molecule has 0 bridgehead atoms. The molecular formula is C23H20Cl2F4N4O4. The van der Waals surface area contributed by atoms with Crippen LogP contribution < -0.4 is 5.56 Å². The van der Waals surface area contributed by atoms with Crippen LogP contribution in [0.4, 0.5) is 17.6 Å². The van der Waals surface area contributed by atoms with Gasteiger partial charge in [-0.05, 0) is 37.9 Å². The number of rotatable bonds is 6. The van der Waals surface area contributed by atoms with Crippen LogP contribution in [0.5, 0.6) is 0 Å². The molecule has 37 heavy (non-hydrogen) atoms. The van der Waals surface area contributed by atoms with Gasteiger partial charge in [-0.1, -0.05) is 29.3 Å². The number of aromatic nitrogens is 2. The molecule has 14 heteroatoms. The van der Waals surface area contributed by atoms with Gasteiger partial charge in [-0.15, -0.1) is 0 Å². The summed E-state index contributed by atoms with van der Waals surface area (Å²) in [5.41, 5.74) is 0.639. The number of alkyl halides is 3. The summed E-state index contributed by atoms with van der Waals surface area (Å²) >= 11 is 12.3. The van der Waals surface area contributed by atoms with E-state index in [9.17, 15) is 31.9 Å². The van der Waals surface area contributed by atoms with E-state index in [4.69, 9.17) is 23.2 Å². The predicted octanol–water partition coefficient (Wildman–Crippen LogP) is 3.73. The van der Waals surface area contributed by atoms with E-state index in [-0.39, 0.29) is 40.8 Å². The third-order valence-electron chi connectivity index (χ3n) is 6.00. The van der Waals surface area contributed by atoms with Crippen LogP contribution >= 0.6 is 23.2 Å². The van der Waals surface area contributed by atoms with Gasteiger partial charge >= 0.3 is 12.1 Å². The van der Waals surface area contributed by atoms with E-state index in [1.807, 2.05) is 0 Å². The van der Waals surface area contributed by atoms with Crippen LogP contribution in [0.2, 0.25) is 10.2 Å². The molecule has 3 heterocycles. The molecule has 198 valence electrons. The lowest BCUT2D eigenvalue weighted by atomic mass is 9.95. The molecule has 4 rings (SSSR count). The van der Waals surface area contributed by atoms with Crippen molar-refractivity contribution in [3.05, 3.63) is 73.6 Å². The van der Waals surface area contributed by atoms with Gasteiger partial charge in [0.25, 0.3) is 11.5 Å². The minimum atomic E-state index is -5.15. The Hall–Kier alpha value is -3.09. The van der Waals surface area contributed by atoms with Crippen LogP contribution in [-0.2, 0) is 16.0 Å². The molecule has 1 aliphatic rings. The Bertz CT molecular complexity index is 1430. The zero-order valence-electron chi connectivity index (χ0n) is 19.4. The monoisotopic (exact) mass is 562 g/mol. The lowest BCUT2D eigenvalue weighted by Gasteiger charge is -2.44. The highest BCUT2D eigenvalue weighted by Crippen LogP contribution is 2.29.